The van der Waals surface area contributed by atoms with Crippen molar-refractivity contribution in [3.63, 3.8) is 0 Å². The summed E-state index contributed by atoms with van der Waals surface area (Å²) in [5, 5.41) is 0. The fourth-order valence-electron chi connectivity index (χ4n) is 2.24. The van der Waals surface area contributed by atoms with Crippen LogP contribution in [0.1, 0.15) is 18.1 Å². The average molecular weight is 264 g/mol. The number of nitrogens with zero attached hydrogens (tertiary/aromatic N) is 1. The summed E-state index contributed by atoms with van der Waals surface area (Å²) in [5.74, 6) is 0. The highest BCUT2D eigenvalue weighted by Gasteiger charge is 2.21. The molecular formula is C18H20N2. The number of aliphatic imine (C=N–C) groups is 1. The summed E-state index contributed by atoms with van der Waals surface area (Å²) in [4.78, 5) is 4.33. The predicted octanol–water partition coefficient (Wildman–Crippen LogP) is 4.05. The molecule has 0 spiro atoms. The fourth-order valence-corrected chi connectivity index (χ4v) is 2.24. The first-order valence-electron chi connectivity index (χ1n) is 6.65. The van der Waals surface area contributed by atoms with E-state index in [0.29, 0.717) is 0 Å². The van der Waals surface area contributed by atoms with Crippen molar-refractivity contribution >= 4 is 6.34 Å². The summed E-state index contributed by atoms with van der Waals surface area (Å²) in [5.41, 5.74) is 9.67. The van der Waals surface area contributed by atoms with E-state index in [1.54, 1.807) is 0 Å². The van der Waals surface area contributed by atoms with Gasteiger partial charge in [-0.05, 0) is 36.6 Å². The van der Waals surface area contributed by atoms with Crippen molar-refractivity contribution in [3.8, 4) is 11.1 Å². The first kappa shape index (κ1) is 14.1. The lowest BCUT2D eigenvalue weighted by Gasteiger charge is -2.21. The topological polar surface area (TPSA) is 38.4 Å². The molecule has 0 saturated carbocycles. The van der Waals surface area contributed by atoms with Gasteiger partial charge in [0.1, 0.15) is 5.54 Å². The third kappa shape index (κ3) is 2.80. The van der Waals surface area contributed by atoms with Gasteiger partial charge >= 0.3 is 0 Å². The molecule has 2 N–H and O–H groups in total. The third-order valence-corrected chi connectivity index (χ3v) is 3.54. The highest BCUT2D eigenvalue weighted by atomic mass is 14.9. The van der Waals surface area contributed by atoms with E-state index in [9.17, 15) is 0 Å². The SMILES string of the molecule is C=CC(C)(N=CN)c1cccc(-c2cccc(C)c2)c1. The molecule has 0 aliphatic rings. The Bertz CT molecular complexity index is 643. The van der Waals surface area contributed by atoms with Crippen LogP contribution in [0.5, 0.6) is 0 Å². The molecular weight excluding hydrogens is 244 g/mol. The Morgan fingerprint density at radius 1 is 1.10 bits per heavy atom. The second-order valence-corrected chi connectivity index (χ2v) is 5.08. The standard InChI is InChI=1S/C18H20N2/c1-4-18(3,20-13-19)17-10-6-9-16(12-17)15-8-5-7-14(2)11-15/h4-13H,1H2,2-3H3,(H2,19,20). The Labute approximate surface area is 120 Å². The van der Waals surface area contributed by atoms with Crippen LogP contribution in [0.3, 0.4) is 0 Å². The van der Waals surface area contributed by atoms with Crippen molar-refractivity contribution in [1.82, 2.24) is 0 Å². The molecule has 0 aliphatic heterocycles. The van der Waals surface area contributed by atoms with Crippen LogP contribution in [0.4, 0.5) is 0 Å². The number of benzene rings is 2. The second-order valence-electron chi connectivity index (χ2n) is 5.08. The van der Waals surface area contributed by atoms with Gasteiger partial charge in [0.25, 0.3) is 0 Å². The Morgan fingerprint density at radius 3 is 2.35 bits per heavy atom. The number of hydrogen-bond donors (Lipinski definition) is 1. The summed E-state index contributed by atoms with van der Waals surface area (Å²) in [6.07, 6.45) is 3.15. The fraction of sp³-hybridized carbons (Fsp3) is 0.167. The molecule has 2 aromatic carbocycles. The van der Waals surface area contributed by atoms with Crippen molar-refractivity contribution in [3.05, 3.63) is 72.3 Å². The lowest BCUT2D eigenvalue weighted by Crippen LogP contribution is -2.17. The summed E-state index contributed by atoms with van der Waals surface area (Å²) < 4.78 is 0. The van der Waals surface area contributed by atoms with Crippen LogP contribution in [0, 0.1) is 6.92 Å². The van der Waals surface area contributed by atoms with Crippen LogP contribution in [-0.2, 0) is 5.54 Å². The molecule has 0 fully saturated rings. The molecule has 1 atom stereocenters. The molecule has 102 valence electrons. The smallest absolute Gasteiger partial charge is 0.102 e. The van der Waals surface area contributed by atoms with E-state index < -0.39 is 5.54 Å². The zero-order chi connectivity index (χ0) is 14.6. The minimum absolute atomic E-state index is 0.491. The van der Waals surface area contributed by atoms with Gasteiger partial charge in [-0.15, -0.1) is 6.58 Å². The maximum atomic E-state index is 5.46. The minimum atomic E-state index is -0.491. The molecule has 1 unspecified atom stereocenters. The van der Waals surface area contributed by atoms with Crippen LogP contribution in [0.25, 0.3) is 11.1 Å². The first-order chi connectivity index (χ1) is 9.59. The zero-order valence-electron chi connectivity index (χ0n) is 12.0. The van der Waals surface area contributed by atoms with Gasteiger partial charge in [-0.3, -0.25) is 4.99 Å². The van der Waals surface area contributed by atoms with Crippen LogP contribution in [0.2, 0.25) is 0 Å². The summed E-state index contributed by atoms with van der Waals surface area (Å²) in [7, 11) is 0. The van der Waals surface area contributed by atoms with Crippen molar-refractivity contribution in [2.45, 2.75) is 19.4 Å². The van der Waals surface area contributed by atoms with Gasteiger partial charge in [-0.2, -0.15) is 0 Å². The lowest BCUT2D eigenvalue weighted by atomic mass is 9.90. The van der Waals surface area contributed by atoms with Crippen LogP contribution in [-0.4, -0.2) is 6.34 Å². The van der Waals surface area contributed by atoms with Crippen molar-refractivity contribution < 1.29 is 0 Å². The molecule has 2 nitrogen and oxygen atoms in total. The van der Waals surface area contributed by atoms with Crippen LogP contribution >= 0.6 is 0 Å². The van der Waals surface area contributed by atoms with E-state index >= 15 is 0 Å². The van der Waals surface area contributed by atoms with E-state index in [-0.39, 0.29) is 0 Å². The van der Waals surface area contributed by atoms with E-state index in [4.69, 9.17) is 5.73 Å². The Kier molecular flexibility index (Phi) is 4.04. The van der Waals surface area contributed by atoms with Crippen molar-refractivity contribution in [2.75, 3.05) is 0 Å². The monoisotopic (exact) mass is 264 g/mol. The Morgan fingerprint density at radius 2 is 1.75 bits per heavy atom. The van der Waals surface area contributed by atoms with E-state index in [1.807, 2.05) is 25.1 Å². The zero-order valence-corrected chi connectivity index (χ0v) is 12.0. The van der Waals surface area contributed by atoms with E-state index in [0.717, 1.165) is 5.56 Å². The maximum absolute atomic E-state index is 5.46. The molecule has 2 aromatic rings. The summed E-state index contributed by atoms with van der Waals surface area (Å²) in [6.45, 7) is 7.97. The van der Waals surface area contributed by atoms with Crippen LogP contribution < -0.4 is 5.73 Å². The van der Waals surface area contributed by atoms with E-state index in [1.165, 1.54) is 23.0 Å². The lowest BCUT2D eigenvalue weighted by molar-refractivity contribution is 0.638. The van der Waals surface area contributed by atoms with Gasteiger partial charge in [0.05, 0.1) is 6.34 Å². The Balaban J connectivity index is 2.50. The quantitative estimate of drug-likeness (QED) is 0.505. The maximum Gasteiger partial charge on any atom is 0.102 e. The molecule has 0 amide bonds. The average Bonchev–Trinajstić information content (AvgIpc) is 2.47. The normalized spacial score (nSPS) is 14.1. The number of rotatable bonds is 4. The number of aryl methyl sites for hydroxylation is 1. The summed E-state index contributed by atoms with van der Waals surface area (Å²) >= 11 is 0. The minimum Gasteiger partial charge on any atom is -0.390 e. The molecule has 0 bridgehead atoms. The van der Waals surface area contributed by atoms with Gasteiger partial charge in [0.15, 0.2) is 0 Å². The number of hydrogen-bond acceptors (Lipinski definition) is 1. The predicted molar refractivity (Wildman–Crippen MR) is 86.8 cm³/mol. The third-order valence-electron chi connectivity index (χ3n) is 3.54. The van der Waals surface area contributed by atoms with Gasteiger partial charge in [0, 0.05) is 0 Å². The van der Waals surface area contributed by atoms with Crippen molar-refractivity contribution in [2.24, 2.45) is 10.7 Å². The van der Waals surface area contributed by atoms with Crippen LogP contribution in [0.15, 0.2) is 66.2 Å². The highest BCUT2D eigenvalue weighted by Crippen LogP contribution is 2.30. The Hall–Kier alpha value is -2.35. The first-order valence-corrected chi connectivity index (χ1v) is 6.65. The van der Waals surface area contributed by atoms with E-state index in [2.05, 4.69) is 54.9 Å². The molecule has 0 aromatic heterocycles. The van der Waals surface area contributed by atoms with Crippen molar-refractivity contribution in [1.29, 1.82) is 0 Å². The summed E-state index contributed by atoms with van der Waals surface area (Å²) in [6, 6.07) is 16.8. The number of nitrogens with two attached hydrogens (primary N) is 1. The molecule has 0 aliphatic carbocycles. The van der Waals surface area contributed by atoms with Gasteiger partial charge in [-0.1, -0.05) is 54.1 Å². The van der Waals surface area contributed by atoms with Gasteiger partial charge in [0.2, 0.25) is 0 Å². The molecule has 2 rings (SSSR count). The molecule has 0 radical (unpaired) electrons. The largest absolute Gasteiger partial charge is 0.390 e. The molecule has 0 saturated heterocycles. The molecule has 2 heteroatoms. The highest BCUT2D eigenvalue weighted by molar-refractivity contribution is 5.65. The molecule has 0 heterocycles. The van der Waals surface area contributed by atoms with Gasteiger partial charge in [-0.25, -0.2) is 0 Å². The van der Waals surface area contributed by atoms with Gasteiger partial charge < -0.3 is 5.73 Å². The molecule has 20 heavy (non-hydrogen) atoms. The second kappa shape index (κ2) is 5.74.